The first-order chi connectivity index (χ1) is 9.20. The highest BCUT2D eigenvalue weighted by Crippen LogP contribution is 2.30. The molecule has 19 heavy (non-hydrogen) atoms. The number of imidazole rings is 1. The molecule has 0 aliphatic carbocycles. The summed E-state index contributed by atoms with van der Waals surface area (Å²) in [5, 5.41) is 10.0. The zero-order valence-electron chi connectivity index (χ0n) is 9.81. The Morgan fingerprint density at radius 1 is 1.63 bits per heavy atom. The maximum Gasteiger partial charge on any atom is 0.278 e. The van der Waals surface area contributed by atoms with E-state index in [9.17, 15) is 9.90 Å². The maximum atomic E-state index is 11.6. The van der Waals surface area contributed by atoms with E-state index in [1.807, 2.05) is 0 Å². The van der Waals surface area contributed by atoms with Crippen molar-refractivity contribution in [1.29, 1.82) is 0 Å². The molecule has 1 aliphatic heterocycles. The van der Waals surface area contributed by atoms with Gasteiger partial charge in [-0.1, -0.05) is 0 Å². The van der Waals surface area contributed by atoms with E-state index in [1.54, 1.807) is 4.57 Å². The zero-order chi connectivity index (χ0) is 13.4. The molecular weight excluding hydrogens is 268 g/mol. The van der Waals surface area contributed by atoms with Crippen molar-refractivity contribution in [2.45, 2.75) is 24.9 Å². The standard InChI is InChI=1S/C10H11N4O4Si/c15-6-1-5(2-17-19)18-10(6)14-4-13-7-8(14)11-3-12-9(7)16/h3-6,10,15H,1-2H2,(H,11,12,16)/t5-,6+,10+/m0/s1. The van der Waals surface area contributed by atoms with Crippen molar-refractivity contribution in [3.63, 3.8) is 0 Å². The van der Waals surface area contributed by atoms with Gasteiger partial charge in [0.05, 0.1) is 25.4 Å². The van der Waals surface area contributed by atoms with Crippen molar-refractivity contribution >= 4 is 21.6 Å². The second kappa shape index (κ2) is 4.85. The zero-order valence-corrected chi connectivity index (χ0v) is 10.8. The van der Waals surface area contributed by atoms with Gasteiger partial charge in [-0.3, -0.25) is 9.36 Å². The quantitative estimate of drug-likeness (QED) is 0.689. The lowest BCUT2D eigenvalue weighted by Gasteiger charge is -2.16. The predicted molar refractivity (Wildman–Crippen MR) is 64.4 cm³/mol. The van der Waals surface area contributed by atoms with E-state index in [0.717, 1.165) is 0 Å². The van der Waals surface area contributed by atoms with Gasteiger partial charge in [-0.25, -0.2) is 9.97 Å². The summed E-state index contributed by atoms with van der Waals surface area (Å²) in [5.74, 6) is 0. The largest absolute Gasteiger partial charge is 0.416 e. The predicted octanol–water partition coefficient (Wildman–Crippen LogP) is -1.13. The van der Waals surface area contributed by atoms with Crippen LogP contribution in [0.3, 0.4) is 0 Å². The summed E-state index contributed by atoms with van der Waals surface area (Å²) >= 11 is 0. The topological polar surface area (TPSA) is 102 Å². The van der Waals surface area contributed by atoms with Gasteiger partial charge in [0, 0.05) is 6.42 Å². The number of rotatable bonds is 3. The molecule has 1 fully saturated rings. The number of fused-ring (bicyclic) bond motifs is 1. The third-order valence-electron chi connectivity index (χ3n) is 3.07. The van der Waals surface area contributed by atoms with Gasteiger partial charge < -0.3 is 19.3 Å². The third-order valence-corrected chi connectivity index (χ3v) is 3.24. The highest BCUT2D eigenvalue weighted by Gasteiger charge is 2.36. The van der Waals surface area contributed by atoms with Gasteiger partial charge in [0.15, 0.2) is 17.4 Å². The Balaban J connectivity index is 1.97. The van der Waals surface area contributed by atoms with Crippen molar-refractivity contribution in [3.05, 3.63) is 23.0 Å². The average molecular weight is 279 g/mol. The minimum Gasteiger partial charge on any atom is -0.416 e. The first-order valence-corrected chi connectivity index (χ1v) is 6.14. The van der Waals surface area contributed by atoms with Gasteiger partial charge >= 0.3 is 0 Å². The molecule has 8 nitrogen and oxygen atoms in total. The van der Waals surface area contributed by atoms with E-state index in [2.05, 4.69) is 25.4 Å². The molecule has 3 rings (SSSR count). The van der Waals surface area contributed by atoms with Crippen LogP contribution in [0.5, 0.6) is 0 Å². The maximum absolute atomic E-state index is 11.6. The van der Waals surface area contributed by atoms with Crippen LogP contribution < -0.4 is 5.56 Å². The van der Waals surface area contributed by atoms with E-state index >= 15 is 0 Å². The highest BCUT2D eigenvalue weighted by molar-refractivity contribution is 5.97. The number of H-pyrrole nitrogens is 1. The normalized spacial score (nSPS) is 27.2. The molecule has 9 heteroatoms. The Hall–Kier alpha value is -1.55. The number of nitrogens with zero attached hydrogens (tertiary/aromatic N) is 3. The van der Waals surface area contributed by atoms with E-state index in [1.165, 1.54) is 12.7 Å². The van der Waals surface area contributed by atoms with Crippen LogP contribution in [-0.2, 0) is 9.16 Å². The average Bonchev–Trinajstić information content (AvgIpc) is 2.94. The van der Waals surface area contributed by atoms with Crippen molar-refractivity contribution < 1.29 is 14.3 Å². The number of hydrogen-bond donors (Lipinski definition) is 2. The van der Waals surface area contributed by atoms with Crippen LogP contribution in [0.2, 0.25) is 0 Å². The van der Waals surface area contributed by atoms with Crippen LogP contribution in [0.1, 0.15) is 12.6 Å². The third kappa shape index (κ3) is 2.10. The summed E-state index contributed by atoms with van der Waals surface area (Å²) in [6.45, 7) is 0.324. The van der Waals surface area contributed by atoms with Crippen LogP contribution in [0.25, 0.3) is 11.2 Å². The number of nitrogens with one attached hydrogen (secondary N) is 1. The fourth-order valence-corrected chi connectivity index (χ4v) is 2.42. The van der Waals surface area contributed by atoms with Crippen molar-refractivity contribution in [2.24, 2.45) is 0 Å². The van der Waals surface area contributed by atoms with Crippen LogP contribution >= 0.6 is 0 Å². The number of aliphatic hydroxyl groups excluding tert-OH is 1. The molecule has 0 aromatic carbocycles. The summed E-state index contributed by atoms with van der Waals surface area (Å²) < 4.78 is 12.0. The molecule has 0 saturated carbocycles. The van der Waals surface area contributed by atoms with Gasteiger partial charge in [-0.2, -0.15) is 0 Å². The fourth-order valence-electron chi connectivity index (χ4n) is 2.23. The molecule has 1 saturated heterocycles. The van der Waals surface area contributed by atoms with Gasteiger partial charge in [0.25, 0.3) is 5.56 Å². The van der Waals surface area contributed by atoms with E-state index in [0.29, 0.717) is 18.7 Å². The highest BCUT2D eigenvalue weighted by atomic mass is 28.2. The van der Waals surface area contributed by atoms with E-state index < -0.39 is 12.3 Å². The van der Waals surface area contributed by atoms with Crippen molar-refractivity contribution in [3.8, 4) is 0 Å². The van der Waals surface area contributed by atoms with Gasteiger partial charge in [0.2, 0.25) is 10.5 Å². The summed E-state index contributed by atoms with van der Waals surface area (Å²) in [7, 11) is 2.91. The Kier molecular flexibility index (Phi) is 3.19. The molecular formula is C10H11N4O4Si. The minimum atomic E-state index is -0.703. The number of ether oxygens (including phenoxy) is 1. The first kappa shape index (κ1) is 12.5. The van der Waals surface area contributed by atoms with Crippen LogP contribution in [0.15, 0.2) is 17.4 Å². The molecule has 2 N–H and O–H groups in total. The van der Waals surface area contributed by atoms with Crippen molar-refractivity contribution in [1.82, 2.24) is 19.5 Å². The number of aliphatic hydroxyl groups is 1. The fraction of sp³-hybridized carbons (Fsp3) is 0.500. The second-order valence-electron chi connectivity index (χ2n) is 4.32. The molecule has 2 aromatic rings. The lowest BCUT2D eigenvalue weighted by molar-refractivity contribution is -0.0451. The lowest BCUT2D eigenvalue weighted by atomic mass is 10.2. The molecule has 0 bridgehead atoms. The smallest absolute Gasteiger partial charge is 0.278 e. The molecule has 0 spiro atoms. The van der Waals surface area contributed by atoms with E-state index in [-0.39, 0.29) is 17.2 Å². The Bertz CT molecular complexity index is 642. The van der Waals surface area contributed by atoms with Crippen LogP contribution in [0.4, 0.5) is 0 Å². The Morgan fingerprint density at radius 3 is 3.26 bits per heavy atom. The SMILES string of the molecule is O=c1[nH]cnc2c1ncn2[C@@H]1O[C@H](CO[Si])C[C@H]1O. The summed E-state index contributed by atoms with van der Waals surface area (Å²) in [5.41, 5.74) is 0.280. The van der Waals surface area contributed by atoms with E-state index in [4.69, 9.17) is 9.16 Å². The molecule has 3 heterocycles. The Labute approximate surface area is 110 Å². The number of hydrogen-bond acceptors (Lipinski definition) is 6. The molecule has 3 atom stereocenters. The van der Waals surface area contributed by atoms with Crippen LogP contribution in [-0.4, -0.2) is 53.9 Å². The molecule has 0 amide bonds. The lowest BCUT2D eigenvalue weighted by Crippen LogP contribution is -2.20. The van der Waals surface area contributed by atoms with Crippen molar-refractivity contribution in [2.75, 3.05) is 6.61 Å². The summed E-state index contributed by atoms with van der Waals surface area (Å²) in [6.07, 6.45) is 1.63. The van der Waals surface area contributed by atoms with Gasteiger partial charge in [-0.05, 0) is 0 Å². The molecule has 0 unspecified atom stereocenters. The summed E-state index contributed by atoms with van der Waals surface area (Å²) in [6, 6.07) is 0. The monoisotopic (exact) mass is 279 g/mol. The van der Waals surface area contributed by atoms with Crippen LogP contribution in [0, 0.1) is 0 Å². The Morgan fingerprint density at radius 2 is 2.47 bits per heavy atom. The number of aromatic amines is 1. The molecule has 2 aromatic heterocycles. The number of aromatic nitrogens is 4. The molecule has 3 radical (unpaired) electrons. The summed E-state index contributed by atoms with van der Waals surface area (Å²) in [4.78, 5) is 22.1. The van der Waals surface area contributed by atoms with Gasteiger partial charge in [0.1, 0.15) is 6.10 Å². The molecule has 1 aliphatic rings. The first-order valence-electron chi connectivity index (χ1n) is 5.73. The molecule has 99 valence electrons. The second-order valence-corrected chi connectivity index (χ2v) is 4.61. The van der Waals surface area contributed by atoms with Gasteiger partial charge in [-0.15, -0.1) is 0 Å². The minimum absolute atomic E-state index is 0.220.